The van der Waals surface area contributed by atoms with Gasteiger partial charge in [0.2, 0.25) is 5.13 Å². The Bertz CT molecular complexity index is 1160. The highest BCUT2D eigenvalue weighted by Crippen LogP contribution is 2.26. The molecule has 0 radical (unpaired) electrons. The Labute approximate surface area is 152 Å². The second-order valence-electron chi connectivity index (χ2n) is 5.72. The van der Waals surface area contributed by atoms with Gasteiger partial charge in [0.15, 0.2) is 0 Å². The fraction of sp³-hybridized carbons (Fsp3) is 0.0526. The molecular weight excluding hydrogens is 350 g/mol. The van der Waals surface area contributed by atoms with Crippen LogP contribution in [0.4, 0.5) is 5.13 Å². The van der Waals surface area contributed by atoms with Gasteiger partial charge in [-0.05, 0) is 19.1 Å². The van der Waals surface area contributed by atoms with Crippen molar-refractivity contribution in [2.24, 2.45) is 0 Å². The third-order valence-corrected chi connectivity index (χ3v) is 4.72. The van der Waals surface area contributed by atoms with Crippen LogP contribution in [0, 0.1) is 6.92 Å². The zero-order valence-corrected chi connectivity index (χ0v) is 14.5. The normalized spacial score (nSPS) is 10.8. The maximum Gasteiger partial charge on any atom is 0.349 e. The van der Waals surface area contributed by atoms with Crippen molar-refractivity contribution >= 4 is 33.3 Å². The molecule has 0 aliphatic heterocycles. The summed E-state index contributed by atoms with van der Waals surface area (Å²) in [6, 6.07) is 16.4. The van der Waals surface area contributed by atoms with Gasteiger partial charge in [0.05, 0.1) is 0 Å². The molecule has 0 aliphatic carbocycles. The average molecular weight is 363 g/mol. The zero-order chi connectivity index (χ0) is 18.1. The third-order valence-electron chi connectivity index (χ3n) is 3.83. The molecule has 6 nitrogen and oxygen atoms in total. The van der Waals surface area contributed by atoms with Gasteiger partial charge in [0.1, 0.15) is 16.2 Å². The SMILES string of the molecule is Cc1ccc(-c2nnc(NC(=O)c3cc4ccccc4oc3=O)s2)cc1. The van der Waals surface area contributed by atoms with E-state index in [2.05, 4.69) is 15.5 Å². The maximum absolute atomic E-state index is 12.4. The number of para-hydroxylation sites is 1. The van der Waals surface area contributed by atoms with E-state index in [-0.39, 0.29) is 5.56 Å². The first kappa shape index (κ1) is 16.2. The van der Waals surface area contributed by atoms with Crippen LogP contribution in [0.1, 0.15) is 15.9 Å². The molecule has 128 valence electrons. The predicted molar refractivity (Wildman–Crippen MR) is 101 cm³/mol. The highest BCUT2D eigenvalue weighted by molar-refractivity contribution is 7.18. The van der Waals surface area contributed by atoms with Crippen LogP contribution >= 0.6 is 11.3 Å². The summed E-state index contributed by atoms with van der Waals surface area (Å²) in [5, 5.41) is 12.4. The van der Waals surface area contributed by atoms with Crippen LogP contribution < -0.4 is 10.9 Å². The number of aromatic nitrogens is 2. The van der Waals surface area contributed by atoms with Gasteiger partial charge in [0, 0.05) is 10.9 Å². The molecular formula is C19H13N3O3S. The Hall–Kier alpha value is -3.32. The fourth-order valence-electron chi connectivity index (χ4n) is 2.47. The van der Waals surface area contributed by atoms with Gasteiger partial charge in [-0.2, -0.15) is 0 Å². The molecule has 0 atom stereocenters. The minimum absolute atomic E-state index is 0.0733. The first-order valence-corrected chi connectivity index (χ1v) is 8.66. The van der Waals surface area contributed by atoms with Crippen LogP contribution in [0.25, 0.3) is 21.5 Å². The van der Waals surface area contributed by atoms with Crippen molar-refractivity contribution in [3.63, 3.8) is 0 Å². The van der Waals surface area contributed by atoms with Crippen molar-refractivity contribution < 1.29 is 9.21 Å². The van der Waals surface area contributed by atoms with E-state index in [4.69, 9.17) is 4.42 Å². The quantitative estimate of drug-likeness (QED) is 0.559. The first-order valence-electron chi connectivity index (χ1n) is 7.85. The number of anilines is 1. The minimum Gasteiger partial charge on any atom is -0.422 e. The largest absolute Gasteiger partial charge is 0.422 e. The van der Waals surface area contributed by atoms with Crippen molar-refractivity contribution in [2.45, 2.75) is 6.92 Å². The molecule has 4 rings (SSSR count). The number of carbonyl (C=O) groups is 1. The molecule has 0 spiro atoms. The molecule has 4 aromatic rings. The summed E-state index contributed by atoms with van der Waals surface area (Å²) in [5.74, 6) is -0.573. The van der Waals surface area contributed by atoms with Crippen LogP contribution in [-0.2, 0) is 0 Å². The number of hydrogen-bond acceptors (Lipinski definition) is 6. The van der Waals surface area contributed by atoms with Crippen molar-refractivity contribution in [1.29, 1.82) is 0 Å². The van der Waals surface area contributed by atoms with E-state index in [9.17, 15) is 9.59 Å². The van der Waals surface area contributed by atoms with Crippen LogP contribution in [0.2, 0.25) is 0 Å². The predicted octanol–water partition coefficient (Wildman–Crippen LogP) is 3.87. The molecule has 2 heterocycles. The number of amides is 1. The minimum atomic E-state index is -0.690. The summed E-state index contributed by atoms with van der Waals surface area (Å²) in [5.41, 5.74) is 1.74. The number of fused-ring (bicyclic) bond motifs is 1. The van der Waals surface area contributed by atoms with E-state index < -0.39 is 11.5 Å². The number of carbonyl (C=O) groups excluding carboxylic acids is 1. The van der Waals surface area contributed by atoms with Crippen molar-refractivity contribution in [1.82, 2.24) is 10.2 Å². The molecule has 1 amide bonds. The number of aryl methyl sites for hydroxylation is 1. The van der Waals surface area contributed by atoms with Crippen LogP contribution in [0.15, 0.2) is 63.8 Å². The number of hydrogen-bond donors (Lipinski definition) is 1. The standard InChI is InChI=1S/C19H13N3O3S/c1-11-6-8-12(9-7-11)17-21-22-19(26-17)20-16(23)14-10-13-4-2-3-5-15(13)25-18(14)24/h2-10H,1H3,(H,20,22,23). The summed E-state index contributed by atoms with van der Waals surface area (Å²) in [6.07, 6.45) is 0. The van der Waals surface area contributed by atoms with Gasteiger partial charge in [0.25, 0.3) is 5.91 Å². The molecule has 0 saturated heterocycles. The summed E-state index contributed by atoms with van der Waals surface area (Å²) in [4.78, 5) is 24.5. The molecule has 0 bridgehead atoms. The zero-order valence-electron chi connectivity index (χ0n) is 13.7. The van der Waals surface area contributed by atoms with Gasteiger partial charge in [-0.3, -0.25) is 10.1 Å². The average Bonchev–Trinajstić information content (AvgIpc) is 3.10. The number of benzene rings is 2. The summed E-state index contributed by atoms with van der Waals surface area (Å²) in [6.45, 7) is 2.00. The van der Waals surface area contributed by atoms with Crippen molar-refractivity contribution in [3.8, 4) is 10.6 Å². The molecule has 0 unspecified atom stereocenters. The third kappa shape index (κ3) is 3.12. The van der Waals surface area contributed by atoms with Crippen LogP contribution in [-0.4, -0.2) is 16.1 Å². The number of nitrogens with zero attached hydrogens (tertiary/aromatic N) is 2. The van der Waals surface area contributed by atoms with E-state index in [1.54, 1.807) is 18.2 Å². The first-order chi connectivity index (χ1) is 12.6. The summed E-state index contributed by atoms with van der Waals surface area (Å²) in [7, 11) is 0. The van der Waals surface area contributed by atoms with E-state index in [0.29, 0.717) is 21.1 Å². The molecule has 1 N–H and O–H groups in total. The lowest BCUT2D eigenvalue weighted by atomic mass is 10.2. The Morgan fingerprint density at radius 3 is 2.65 bits per heavy atom. The Kier molecular flexibility index (Phi) is 4.06. The lowest BCUT2D eigenvalue weighted by molar-refractivity contribution is 0.102. The van der Waals surface area contributed by atoms with Crippen molar-refractivity contribution in [2.75, 3.05) is 5.32 Å². The van der Waals surface area contributed by atoms with E-state index in [1.807, 2.05) is 37.3 Å². The van der Waals surface area contributed by atoms with Gasteiger partial charge in [-0.1, -0.05) is 59.4 Å². The fourth-order valence-corrected chi connectivity index (χ4v) is 3.22. The molecule has 0 aliphatic rings. The van der Waals surface area contributed by atoms with E-state index >= 15 is 0 Å². The van der Waals surface area contributed by atoms with Crippen LogP contribution in [0.3, 0.4) is 0 Å². The monoisotopic (exact) mass is 363 g/mol. The molecule has 7 heteroatoms. The Morgan fingerprint density at radius 1 is 1.08 bits per heavy atom. The Balaban J connectivity index is 1.60. The second kappa shape index (κ2) is 6.53. The van der Waals surface area contributed by atoms with E-state index in [0.717, 1.165) is 11.1 Å². The Morgan fingerprint density at radius 2 is 1.85 bits per heavy atom. The van der Waals surface area contributed by atoms with Gasteiger partial charge in [-0.25, -0.2) is 4.79 Å². The van der Waals surface area contributed by atoms with E-state index in [1.165, 1.54) is 17.4 Å². The topological polar surface area (TPSA) is 85.1 Å². The van der Waals surface area contributed by atoms with Crippen molar-refractivity contribution in [3.05, 3.63) is 76.1 Å². The molecule has 2 aromatic carbocycles. The summed E-state index contributed by atoms with van der Waals surface area (Å²) < 4.78 is 5.19. The van der Waals surface area contributed by atoms with Gasteiger partial charge in [-0.15, -0.1) is 10.2 Å². The molecule has 26 heavy (non-hydrogen) atoms. The number of nitrogens with one attached hydrogen (secondary N) is 1. The van der Waals surface area contributed by atoms with Gasteiger partial charge < -0.3 is 4.42 Å². The second-order valence-corrected chi connectivity index (χ2v) is 6.70. The lowest BCUT2D eigenvalue weighted by Crippen LogP contribution is -2.20. The maximum atomic E-state index is 12.4. The van der Waals surface area contributed by atoms with Crippen LogP contribution in [0.5, 0.6) is 0 Å². The smallest absolute Gasteiger partial charge is 0.349 e. The molecule has 2 aromatic heterocycles. The number of rotatable bonds is 3. The molecule has 0 fully saturated rings. The highest BCUT2D eigenvalue weighted by atomic mass is 32.1. The lowest BCUT2D eigenvalue weighted by Gasteiger charge is -2.01. The van der Waals surface area contributed by atoms with Gasteiger partial charge >= 0.3 is 5.63 Å². The highest BCUT2D eigenvalue weighted by Gasteiger charge is 2.16. The summed E-state index contributed by atoms with van der Waals surface area (Å²) >= 11 is 1.24. The molecule has 0 saturated carbocycles.